The molecule has 1 heterocycles. The summed E-state index contributed by atoms with van der Waals surface area (Å²) in [5, 5.41) is 11.6. The van der Waals surface area contributed by atoms with Gasteiger partial charge in [0.2, 0.25) is 5.72 Å². The van der Waals surface area contributed by atoms with E-state index in [4.69, 9.17) is 9.47 Å². The van der Waals surface area contributed by atoms with Crippen LogP contribution in [0.5, 0.6) is 0 Å². The lowest BCUT2D eigenvalue weighted by Crippen LogP contribution is -2.50. The number of para-hydroxylation sites is 2. The third kappa shape index (κ3) is 5.10. The minimum Gasteiger partial charge on any atom is -0.444 e. The van der Waals surface area contributed by atoms with Crippen molar-refractivity contribution in [2.75, 3.05) is 11.9 Å². The van der Waals surface area contributed by atoms with Crippen LogP contribution in [0.15, 0.2) is 60.8 Å². The Hall–Kier alpha value is -3.55. The predicted octanol–water partition coefficient (Wildman–Crippen LogP) is 4.42. The highest BCUT2D eigenvalue weighted by molar-refractivity contribution is 5.80. The van der Waals surface area contributed by atoms with E-state index in [1.807, 2.05) is 54.6 Å². The monoisotopic (exact) mass is 450 g/mol. The Bertz CT molecular complexity index is 1120. The van der Waals surface area contributed by atoms with Crippen LogP contribution in [0.4, 0.5) is 10.5 Å². The minimum absolute atomic E-state index is 0.200. The Balaban J connectivity index is 1.61. The standard InChI is InChI=1S/C25H30N4O4/c1-24(2,3)33-23(31)26-17-22(30)32-25(29-20-13-8-7-10-18(20)16-27-29)15-9-14-21(25)28-19-11-5-4-6-12-19/h4-8,10-13,16,21,28H,9,14-15,17H2,1-3H3,(H,26,31). The fourth-order valence-electron chi connectivity index (χ4n) is 4.26. The van der Waals surface area contributed by atoms with E-state index in [1.54, 1.807) is 31.6 Å². The molecule has 0 radical (unpaired) electrons. The van der Waals surface area contributed by atoms with Gasteiger partial charge in [0.25, 0.3) is 0 Å². The average Bonchev–Trinajstić information content (AvgIpc) is 3.37. The summed E-state index contributed by atoms with van der Waals surface area (Å²) < 4.78 is 13.2. The molecule has 1 amide bonds. The first-order chi connectivity index (χ1) is 15.8. The van der Waals surface area contributed by atoms with Gasteiger partial charge < -0.3 is 20.1 Å². The van der Waals surface area contributed by atoms with E-state index in [1.165, 1.54) is 0 Å². The van der Waals surface area contributed by atoms with Crippen LogP contribution < -0.4 is 10.6 Å². The highest BCUT2D eigenvalue weighted by Crippen LogP contribution is 2.41. The van der Waals surface area contributed by atoms with Crippen LogP contribution >= 0.6 is 0 Å². The SMILES string of the molecule is CC(C)(C)OC(=O)NCC(=O)OC1(n2ncc3ccccc32)CCCC1Nc1ccccc1. The van der Waals surface area contributed by atoms with Crippen LogP contribution in [0, 0.1) is 0 Å². The molecule has 8 nitrogen and oxygen atoms in total. The maximum absolute atomic E-state index is 12.9. The predicted molar refractivity (Wildman–Crippen MR) is 126 cm³/mol. The summed E-state index contributed by atoms with van der Waals surface area (Å²) in [5.41, 5.74) is 0.130. The molecule has 33 heavy (non-hydrogen) atoms. The number of ether oxygens (including phenoxy) is 2. The molecule has 0 aliphatic heterocycles. The topological polar surface area (TPSA) is 94.5 Å². The number of benzene rings is 2. The molecule has 1 saturated carbocycles. The second-order valence-corrected chi connectivity index (χ2v) is 9.24. The molecule has 2 atom stereocenters. The normalized spacial score (nSPS) is 20.4. The summed E-state index contributed by atoms with van der Waals surface area (Å²) >= 11 is 0. The van der Waals surface area contributed by atoms with Gasteiger partial charge in [-0.15, -0.1) is 0 Å². The number of anilines is 1. The van der Waals surface area contributed by atoms with Crippen molar-refractivity contribution < 1.29 is 19.1 Å². The van der Waals surface area contributed by atoms with E-state index in [9.17, 15) is 9.59 Å². The highest BCUT2D eigenvalue weighted by atomic mass is 16.6. The van der Waals surface area contributed by atoms with Gasteiger partial charge in [-0.2, -0.15) is 5.10 Å². The zero-order chi connectivity index (χ0) is 23.5. The number of carbonyl (C=O) groups is 2. The molecule has 1 aliphatic carbocycles. The van der Waals surface area contributed by atoms with E-state index in [0.717, 1.165) is 29.4 Å². The van der Waals surface area contributed by atoms with Crippen LogP contribution in [-0.2, 0) is 20.0 Å². The van der Waals surface area contributed by atoms with Crippen LogP contribution in [0.1, 0.15) is 40.0 Å². The van der Waals surface area contributed by atoms with Crippen molar-refractivity contribution >= 4 is 28.7 Å². The van der Waals surface area contributed by atoms with Gasteiger partial charge in [-0.25, -0.2) is 9.48 Å². The number of alkyl carbamates (subject to hydrolysis) is 1. The van der Waals surface area contributed by atoms with Crippen LogP contribution in [0.3, 0.4) is 0 Å². The van der Waals surface area contributed by atoms with Crippen LogP contribution in [0.2, 0.25) is 0 Å². The number of aromatic nitrogens is 2. The van der Waals surface area contributed by atoms with Gasteiger partial charge in [-0.3, -0.25) is 4.79 Å². The first-order valence-electron chi connectivity index (χ1n) is 11.2. The summed E-state index contributed by atoms with van der Waals surface area (Å²) in [4.78, 5) is 25.0. The quantitative estimate of drug-likeness (QED) is 0.540. The summed E-state index contributed by atoms with van der Waals surface area (Å²) in [6.07, 6.45) is 3.37. The van der Waals surface area contributed by atoms with E-state index in [-0.39, 0.29) is 12.6 Å². The number of nitrogens with zero attached hydrogens (tertiary/aromatic N) is 2. The molecule has 4 rings (SSSR count). The molecular formula is C25H30N4O4. The number of fused-ring (bicyclic) bond motifs is 1. The van der Waals surface area contributed by atoms with Crippen molar-refractivity contribution in [1.82, 2.24) is 15.1 Å². The van der Waals surface area contributed by atoms with Gasteiger partial charge in [0.1, 0.15) is 12.1 Å². The fraction of sp³-hybridized carbons (Fsp3) is 0.400. The van der Waals surface area contributed by atoms with Crippen molar-refractivity contribution in [2.24, 2.45) is 0 Å². The summed E-state index contributed by atoms with van der Waals surface area (Å²) in [6.45, 7) is 5.00. The molecule has 3 aromatic rings. The van der Waals surface area contributed by atoms with Gasteiger partial charge in [-0.05, 0) is 51.8 Å². The van der Waals surface area contributed by atoms with E-state index < -0.39 is 23.4 Å². The molecule has 1 aromatic heterocycles. The number of amides is 1. The van der Waals surface area contributed by atoms with E-state index in [2.05, 4.69) is 15.7 Å². The Morgan fingerprint density at radius 2 is 1.85 bits per heavy atom. The van der Waals surface area contributed by atoms with Crippen molar-refractivity contribution in [1.29, 1.82) is 0 Å². The maximum Gasteiger partial charge on any atom is 0.408 e. The Kier molecular flexibility index (Phi) is 6.26. The number of rotatable bonds is 6. The molecule has 1 aliphatic rings. The minimum atomic E-state index is -1.04. The summed E-state index contributed by atoms with van der Waals surface area (Å²) in [5.74, 6) is -0.554. The molecule has 0 spiro atoms. The Morgan fingerprint density at radius 1 is 1.12 bits per heavy atom. The Labute approximate surface area is 193 Å². The van der Waals surface area contributed by atoms with Gasteiger partial charge in [0.05, 0.1) is 17.8 Å². The van der Waals surface area contributed by atoms with Crippen LogP contribution in [0.25, 0.3) is 10.9 Å². The molecule has 8 heteroatoms. The lowest BCUT2D eigenvalue weighted by Gasteiger charge is -2.36. The fourth-order valence-corrected chi connectivity index (χ4v) is 4.26. The molecule has 0 bridgehead atoms. The smallest absolute Gasteiger partial charge is 0.408 e. The van der Waals surface area contributed by atoms with Crippen molar-refractivity contribution in [3.05, 3.63) is 60.8 Å². The Morgan fingerprint density at radius 3 is 2.61 bits per heavy atom. The van der Waals surface area contributed by atoms with Crippen molar-refractivity contribution in [2.45, 2.75) is 57.4 Å². The average molecular weight is 451 g/mol. The van der Waals surface area contributed by atoms with Crippen molar-refractivity contribution in [3.63, 3.8) is 0 Å². The summed E-state index contributed by atoms with van der Waals surface area (Å²) in [6, 6.07) is 17.5. The molecule has 2 N–H and O–H groups in total. The molecule has 174 valence electrons. The van der Waals surface area contributed by atoms with Crippen molar-refractivity contribution in [3.8, 4) is 0 Å². The van der Waals surface area contributed by atoms with Gasteiger partial charge in [0.15, 0.2) is 0 Å². The van der Waals surface area contributed by atoms with Crippen LogP contribution in [-0.4, -0.2) is 40.0 Å². The lowest BCUT2D eigenvalue weighted by molar-refractivity contribution is -0.172. The molecule has 2 unspecified atom stereocenters. The number of carbonyl (C=O) groups excluding carboxylic acids is 2. The number of esters is 1. The van der Waals surface area contributed by atoms with E-state index >= 15 is 0 Å². The highest BCUT2D eigenvalue weighted by Gasteiger charge is 2.49. The summed E-state index contributed by atoms with van der Waals surface area (Å²) in [7, 11) is 0. The number of nitrogens with one attached hydrogen (secondary N) is 2. The third-order valence-electron chi connectivity index (χ3n) is 5.59. The van der Waals surface area contributed by atoms with Gasteiger partial charge in [0, 0.05) is 17.5 Å². The van der Waals surface area contributed by atoms with E-state index in [0.29, 0.717) is 6.42 Å². The van der Waals surface area contributed by atoms with Gasteiger partial charge in [-0.1, -0.05) is 36.4 Å². The first-order valence-corrected chi connectivity index (χ1v) is 11.2. The maximum atomic E-state index is 12.9. The molecule has 1 fully saturated rings. The largest absolute Gasteiger partial charge is 0.444 e. The molecular weight excluding hydrogens is 420 g/mol. The number of hydrogen-bond acceptors (Lipinski definition) is 6. The zero-order valence-electron chi connectivity index (χ0n) is 19.2. The zero-order valence-corrected chi connectivity index (χ0v) is 19.2. The second kappa shape index (κ2) is 9.13. The molecule has 2 aromatic carbocycles. The van der Waals surface area contributed by atoms with Gasteiger partial charge >= 0.3 is 12.1 Å². The number of hydrogen-bond donors (Lipinski definition) is 2. The lowest BCUT2D eigenvalue weighted by atomic mass is 10.1. The second-order valence-electron chi connectivity index (χ2n) is 9.24. The third-order valence-corrected chi connectivity index (χ3v) is 5.59. The first kappa shape index (κ1) is 22.6. The molecule has 0 saturated heterocycles.